The minimum absolute atomic E-state index is 0.0135. The molecule has 0 spiro atoms. The fraction of sp³-hybridized carbons (Fsp3) is 0.417. The average molecular weight is 208 g/mol. The zero-order valence-electron chi connectivity index (χ0n) is 9.08. The fourth-order valence-corrected chi connectivity index (χ4v) is 1.39. The number of hydrogen-bond donors (Lipinski definition) is 2. The van der Waals surface area contributed by atoms with Crippen LogP contribution in [0.1, 0.15) is 42.1 Å². The van der Waals surface area contributed by atoms with Gasteiger partial charge in [0.25, 0.3) is 0 Å². The summed E-state index contributed by atoms with van der Waals surface area (Å²) >= 11 is 0. The van der Waals surface area contributed by atoms with Crippen molar-refractivity contribution in [3.8, 4) is 11.5 Å². The van der Waals surface area contributed by atoms with Gasteiger partial charge in [-0.25, -0.2) is 0 Å². The molecule has 0 saturated heterocycles. The van der Waals surface area contributed by atoms with Crippen LogP contribution in [-0.4, -0.2) is 16.0 Å². The quantitative estimate of drug-likeness (QED) is 0.748. The van der Waals surface area contributed by atoms with Crippen molar-refractivity contribution in [2.45, 2.75) is 33.1 Å². The summed E-state index contributed by atoms with van der Waals surface area (Å²) in [5.74, 6) is -0.159. The van der Waals surface area contributed by atoms with Crippen LogP contribution in [0.25, 0.3) is 0 Å². The maximum atomic E-state index is 11.6. The van der Waals surface area contributed by atoms with E-state index in [1.165, 1.54) is 12.1 Å². The van der Waals surface area contributed by atoms with Gasteiger partial charge in [0.2, 0.25) is 0 Å². The van der Waals surface area contributed by atoms with Crippen LogP contribution in [0.4, 0.5) is 0 Å². The largest absolute Gasteiger partial charge is 0.508 e. The van der Waals surface area contributed by atoms with E-state index in [9.17, 15) is 15.0 Å². The van der Waals surface area contributed by atoms with Crippen molar-refractivity contribution in [2.75, 3.05) is 0 Å². The highest BCUT2D eigenvalue weighted by atomic mass is 16.3. The molecule has 0 radical (unpaired) electrons. The first-order valence-electron chi connectivity index (χ1n) is 5.12. The zero-order chi connectivity index (χ0) is 11.4. The summed E-state index contributed by atoms with van der Waals surface area (Å²) in [7, 11) is 0. The molecule has 0 saturated carbocycles. The van der Waals surface area contributed by atoms with Gasteiger partial charge >= 0.3 is 0 Å². The summed E-state index contributed by atoms with van der Waals surface area (Å²) in [5.41, 5.74) is 0.663. The van der Waals surface area contributed by atoms with Gasteiger partial charge in [0.15, 0.2) is 5.78 Å². The van der Waals surface area contributed by atoms with E-state index >= 15 is 0 Å². The van der Waals surface area contributed by atoms with Gasteiger partial charge in [-0.05, 0) is 25.5 Å². The Bertz CT molecular complexity index is 369. The molecule has 0 bridgehead atoms. The number of unbranched alkanes of at least 4 members (excludes halogenated alkanes) is 1. The lowest BCUT2D eigenvalue weighted by Gasteiger charge is -2.07. The highest BCUT2D eigenvalue weighted by Crippen LogP contribution is 2.30. The third kappa shape index (κ3) is 2.49. The maximum Gasteiger partial charge on any atom is 0.166 e. The molecule has 82 valence electrons. The second-order valence-electron chi connectivity index (χ2n) is 3.63. The number of rotatable bonds is 4. The Kier molecular flexibility index (Phi) is 3.72. The van der Waals surface area contributed by atoms with Crippen molar-refractivity contribution in [1.82, 2.24) is 0 Å². The molecule has 3 heteroatoms. The molecule has 1 aromatic rings. The smallest absolute Gasteiger partial charge is 0.166 e. The summed E-state index contributed by atoms with van der Waals surface area (Å²) in [5, 5.41) is 19.0. The van der Waals surface area contributed by atoms with Crippen LogP contribution < -0.4 is 0 Å². The van der Waals surface area contributed by atoms with E-state index in [-0.39, 0.29) is 17.3 Å². The highest BCUT2D eigenvalue weighted by molar-refractivity contribution is 5.99. The van der Waals surface area contributed by atoms with Crippen molar-refractivity contribution < 1.29 is 15.0 Å². The third-order valence-corrected chi connectivity index (χ3v) is 2.46. The molecule has 1 rings (SSSR count). The number of phenolic OH excluding ortho intramolecular Hbond substituents is 2. The number of hydrogen-bond acceptors (Lipinski definition) is 3. The number of ketones is 1. The lowest BCUT2D eigenvalue weighted by Crippen LogP contribution is -2.00. The van der Waals surface area contributed by atoms with E-state index in [1.54, 1.807) is 6.92 Å². The van der Waals surface area contributed by atoms with Crippen molar-refractivity contribution in [3.05, 3.63) is 23.3 Å². The standard InChI is InChI=1S/C12H16O3/c1-3-4-5-11(14)9-6-7-10(13)8(2)12(9)15/h6-7,13,15H,3-5H2,1-2H3. The minimum Gasteiger partial charge on any atom is -0.508 e. The molecule has 0 aliphatic carbocycles. The van der Waals surface area contributed by atoms with Gasteiger partial charge in [0, 0.05) is 12.0 Å². The van der Waals surface area contributed by atoms with Crippen LogP contribution in [0.5, 0.6) is 11.5 Å². The van der Waals surface area contributed by atoms with Crippen LogP contribution in [0.3, 0.4) is 0 Å². The molecule has 0 aromatic heterocycles. The molecule has 0 amide bonds. The van der Waals surface area contributed by atoms with Gasteiger partial charge in [-0.15, -0.1) is 0 Å². The monoisotopic (exact) mass is 208 g/mol. The molecule has 0 heterocycles. The van der Waals surface area contributed by atoms with E-state index in [2.05, 4.69) is 0 Å². The maximum absolute atomic E-state index is 11.6. The number of carbonyl (C=O) groups is 1. The van der Waals surface area contributed by atoms with Gasteiger partial charge in [0.05, 0.1) is 5.56 Å². The summed E-state index contributed by atoms with van der Waals surface area (Å²) in [6, 6.07) is 2.91. The number of Topliss-reactive ketones (excluding diaryl/α,β-unsaturated/α-hetero) is 1. The van der Waals surface area contributed by atoms with Crippen LogP contribution in [0.2, 0.25) is 0 Å². The molecule has 15 heavy (non-hydrogen) atoms. The SMILES string of the molecule is CCCCC(=O)c1ccc(O)c(C)c1O. The third-order valence-electron chi connectivity index (χ3n) is 2.46. The summed E-state index contributed by atoms with van der Waals surface area (Å²) < 4.78 is 0. The molecule has 0 aliphatic heterocycles. The first-order valence-corrected chi connectivity index (χ1v) is 5.12. The van der Waals surface area contributed by atoms with Crippen molar-refractivity contribution >= 4 is 5.78 Å². The van der Waals surface area contributed by atoms with Crippen molar-refractivity contribution in [1.29, 1.82) is 0 Å². The molecule has 0 fully saturated rings. The lowest BCUT2D eigenvalue weighted by molar-refractivity contribution is 0.0977. The normalized spacial score (nSPS) is 10.3. The molecule has 2 N–H and O–H groups in total. The van der Waals surface area contributed by atoms with E-state index in [0.29, 0.717) is 17.5 Å². The predicted octanol–water partition coefficient (Wildman–Crippen LogP) is 2.78. The molecule has 0 unspecified atom stereocenters. The number of phenols is 2. The summed E-state index contributed by atoms with van der Waals surface area (Å²) in [4.78, 5) is 11.6. The van der Waals surface area contributed by atoms with E-state index < -0.39 is 0 Å². The average Bonchev–Trinajstić information content (AvgIpc) is 2.23. The number of carbonyl (C=O) groups excluding carboxylic acids is 1. The van der Waals surface area contributed by atoms with Crippen LogP contribution in [-0.2, 0) is 0 Å². The van der Waals surface area contributed by atoms with E-state index in [4.69, 9.17) is 0 Å². The highest BCUT2D eigenvalue weighted by Gasteiger charge is 2.14. The van der Waals surface area contributed by atoms with Gasteiger partial charge in [-0.2, -0.15) is 0 Å². The lowest BCUT2D eigenvalue weighted by atomic mass is 10.0. The molecule has 0 atom stereocenters. The second-order valence-corrected chi connectivity index (χ2v) is 3.63. The Morgan fingerprint density at radius 3 is 2.60 bits per heavy atom. The Morgan fingerprint density at radius 1 is 1.33 bits per heavy atom. The molecule has 1 aromatic carbocycles. The van der Waals surface area contributed by atoms with Crippen LogP contribution >= 0.6 is 0 Å². The van der Waals surface area contributed by atoms with E-state index in [1.807, 2.05) is 6.92 Å². The number of aromatic hydroxyl groups is 2. The van der Waals surface area contributed by atoms with Gasteiger partial charge < -0.3 is 10.2 Å². The van der Waals surface area contributed by atoms with Gasteiger partial charge in [0.1, 0.15) is 11.5 Å². The van der Waals surface area contributed by atoms with Crippen molar-refractivity contribution in [2.24, 2.45) is 0 Å². The molecular formula is C12H16O3. The van der Waals surface area contributed by atoms with Crippen LogP contribution in [0, 0.1) is 6.92 Å². The first kappa shape index (κ1) is 11.6. The number of benzene rings is 1. The fourth-order valence-electron chi connectivity index (χ4n) is 1.39. The Morgan fingerprint density at radius 2 is 2.00 bits per heavy atom. The minimum atomic E-state index is -0.101. The topological polar surface area (TPSA) is 57.5 Å². The Labute approximate surface area is 89.4 Å². The zero-order valence-corrected chi connectivity index (χ0v) is 9.08. The van der Waals surface area contributed by atoms with Gasteiger partial charge in [-0.1, -0.05) is 13.3 Å². The second kappa shape index (κ2) is 4.82. The summed E-state index contributed by atoms with van der Waals surface area (Å²) in [6.45, 7) is 3.59. The molecule has 0 aliphatic rings. The Hall–Kier alpha value is -1.51. The van der Waals surface area contributed by atoms with Crippen LogP contribution in [0.15, 0.2) is 12.1 Å². The molecule has 3 nitrogen and oxygen atoms in total. The summed E-state index contributed by atoms with van der Waals surface area (Å²) in [6.07, 6.45) is 2.20. The van der Waals surface area contributed by atoms with Crippen molar-refractivity contribution in [3.63, 3.8) is 0 Å². The predicted molar refractivity (Wildman–Crippen MR) is 58.4 cm³/mol. The van der Waals surface area contributed by atoms with Gasteiger partial charge in [-0.3, -0.25) is 4.79 Å². The Balaban J connectivity index is 2.95. The van der Waals surface area contributed by atoms with E-state index in [0.717, 1.165) is 12.8 Å². The first-order chi connectivity index (χ1) is 7.07. The molecular weight excluding hydrogens is 192 g/mol.